The first kappa shape index (κ1) is 17.1. The van der Waals surface area contributed by atoms with Gasteiger partial charge in [0, 0.05) is 36.3 Å². The van der Waals surface area contributed by atoms with Gasteiger partial charge in [-0.15, -0.1) is 0 Å². The van der Waals surface area contributed by atoms with Gasteiger partial charge in [-0.25, -0.2) is 4.79 Å². The smallest absolute Gasteiger partial charge is 0.322 e. The summed E-state index contributed by atoms with van der Waals surface area (Å²) in [5.41, 5.74) is 0.600. The van der Waals surface area contributed by atoms with Gasteiger partial charge in [-0.3, -0.25) is 24.8 Å². The van der Waals surface area contributed by atoms with Crippen LogP contribution >= 0.6 is 0 Å². The molecule has 2 saturated heterocycles. The van der Waals surface area contributed by atoms with Crippen LogP contribution in [0.2, 0.25) is 0 Å². The predicted octanol–water partition coefficient (Wildman–Crippen LogP) is 0.387. The Bertz CT molecular complexity index is 976. The molecule has 0 saturated carbocycles. The van der Waals surface area contributed by atoms with Gasteiger partial charge in [0.2, 0.25) is 0 Å². The molecular formula is C18H19N5O4. The topological polar surface area (TPSA) is 127 Å². The maximum atomic E-state index is 12.8. The minimum absolute atomic E-state index is 0.100. The first-order valence-electron chi connectivity index (χ1n) is 8.68. The summed E-state index contributed by atoms with van der Waals surface area (Å²) < 4.78 is 0. The molecule has 2 unspecified atom stereocenters. The number of carbonyl (C=O) groups is 3. The van der Waals surface area contributed by atoms with Crippen molar-refractivity contribution in [3.05, 3.63) is 57.5 Å². The number of amides is 4. The number of urea groups is 1. The highest BCUT2D eigenvalue weighted by molar-refractivity contribution is 6.07. The molecule has 0 spiro atoms. The van der Waals surface area contributed by atoms with E-state index in [1.807, 2.05) is 0 Å². The summed E-state index contributed by atoms with van der Waals surface area (Å²) in [5, 5.41) is 10.2. The fourth-order valence-corrected chi connectivity index (χ4v) is 3.64. The number of carbonyl (C=O) groups excluding carboxylic acids is 3. The number of likely N-dealkylation sites (tertiary alicyclic amines) is 1. The zero-order chi connectivity index (χ0) is 19.2. The van der Waals surface area contributed by atoms with E-state index in [1.54, 1.807) is 36.1 Å². The summed E-state index contributed by atoms with van der Waals surface area (Å²) in [5.74, 6) is -0.426. The largest absolute Gasteiger partial charge is 0.338 e. The van der Waals surface area contributed by atoms with Crippen LogP contribution in [-0.2, 0) is 10.3 Å². The minimum atomic E-state index is -1.14. The van der Waals surface area contributed by atoms with Crippen LogP contribution in [-0.4, -0.2) is 46.0 Å². The molecule has 1 aromatic carbocycles. The van der Waals surface area contributed by atoms with E-state index < -0.39 is 17.5 Å². The van der Waals surface area contributed by atoms with Crippen molar-refractivity contribution in [3.8, 4) is 0 Å². The zero-order valence-electron chi connectivity index (χ0n) is 14.7. The lowest BCUT2D eigenvalue weighted by molar-refractivity contribution is -0.123. The van der Waals surface area contributed by atoms with Gasteiger partial charge in [-0.1, -0.05) is 12.1 Å². The van der Waals surface area contributed by atoms with Crippen LogP contribution in [0, 0.1) is 0 Å². The Morgan fingerprint density at radius 1 is 1.15 bits per heavy atom. The van der Waals surface area contributed by atoms with Crippen LogP contribution < -0.4 is 16.2 Å². The SMILES string of the molecule is CC1(c2ccc(C(=O)N3CCC(c4cc(=O)[nH][nH]4)C3)cc2)NC(=O)NC1=O. The second-order valence-electron chi connectivity index (χ2n) is 7.06. The number of H-pyrrole nitrogens is 2. The molecule has 1 aromatic heterocycles. The van der Waals surface area contributed by atoms with Gasteiger partial charge in [0.1, 0.15) is 5.54 Å². The van der Waals surface area contributed by atoms with Crippen molar-refractivity contribution >= 4 is 17.8 Å². The van der Waals surface area contributed by atoms with Crippen molar-refractivity contribution in [1.82, 2.24) is 25.7 Å². The summed E-state index contributed by atoms with van der Waals surface area (Å²) in [4.78, 5) is 49.2. The molecule has 2 atom stereocenters. The third-order valence-electron chi connectivity index (χ3n) is 5.29. The van der Waals surface area contributed by atoms with Crippen molar-refractivity contribution in [2.45, 2.75) is 24.8 Å². The van der Waals surface area contributed by atoms with Crippen molar-refractivity contribution < 1.29 is 14.4 Å². The number of aromatic nitrogens is 2. The molecule has 2 aliphatic heterocycles. The number of aromatic amines is 2. The third kappa shape index (κ3) is 2.90. The lowest BCUT2D eigenvalue weighted by atomic mass is 9.91. The number of rotatable bonds is 3. The summed E-state index contributed by atoms with van der Waals surface area (Å²) in [6.07, 6.45) is 0.780. The van der Waals surface area contributed by atoms with Crippen LogP contribution in [0.1, 0.15) is 40.9 Å². The van der Waals surface area contributed by atoms with Crippen molar-refractivity contribution in [2.75, 3.05) is 13.1 Å². The Morgan fingerprint density at radius 2 is 1.89 bits per heavy atom. The van der Waals surface area contributed by atoms with E-state index in [4.69, 9.17) is 0 Å². The second-order valence-corrected chi connectivity index (χ2v) is 7.06. The van der Waals surface area contributed by atoms with E-state index in [1.165, 1.54) is 6.07 Å². The Morgan fingerprint density at radius 3 is 2.48 bits per heavy atom. The number of imide groups is 1. The van der Waals surface area contributed by atoms with E-state index in [0.29, 0.717) is 24.2 Å². The summed E-state index contributed by atoms with van der Waals surface area (Å²) in [6, 6.07) is 7.66. The zero-order valence-corrected chi connectivity index (χ0v) is 14.7. The number of hydrogen-bond acceptors (Lipinski definition) is 4. The highest BCUT2D eigenvalue weighted by Gasteiger charge is 2.43. The molecule has 4 rings (SSSR count). The van der Waals surface area contributed by atoms with Gasteiger partial charge < -0.3 is 15.3 Å². The average Bonchev–Trinajstić information content (AvgIpc) is 3.35. The highest BCUT2D eigenvalue weighted by atomic mass is 16.2. The monoisotopic (exact) mass is 369 g/mol. The molecule has 9 nitrogen and oxygen atoms in total. The molecule has 0 bridgehead atoms. The number of benzene rings is 1. The Hall–Kier alpha value is -3.36. The lowest BCUT2D eigenvalue weighted by Gasteiger charge is -2.22. The van der Waals surface area contributed by atoms with Crippen molar-refractivity contribution in [3.63, 3.8) is 0 Å². The third-order valence-corrected chi connectivity index (χ3v) is 5.29. The molecule has 9 heteroatoms. The van der Waals surface area contributed by atoms with Gasteiger partial charge >= 0.3 is 6.03 Å². The second kappa shape index (κ2) is 6.11. The van der Waals surface area contributed by atoms with Gasteiger partial charge in [-0.05, 0) is 31.0 Å². The van der Waals surface area contributed by atoms with Crippen molar-refractivity contribution in [1.29, 1.82) is 0 Å². The molecule has 4 N–H and O–H groups in total. The van der Waals surface area contributed by atoms with Gasteiger partial charge in [0.05, 0.1) is 0 Å². The molecule has 4 amide bonds. The van der Waals surface area contributed by atoms with Crippen LogP contribution in [0.4, 0.5) is 4.79 Å². The summed E-state index contributed by atoms with van der Waals surface area (Å²) in [7, 11) is 0. The molecule has 0 radical (unpaired) electrons. The van der Waals surface area contributed by atoms with Crippen molar-refractivity contribution in [2.24, 2.45) is 0 Å². The van der Waals surface area contributed by atoms with E-state index >= 15 is 0 Å². The van der Waals surface area contributed by atoms with Gasteiger partial charge in [0.15, 0.2) is 0 Å². The Labute approximate surface area is 154 Å². The van der Waals surface area contributed by atoms with Crippen LogP contribution in [0.25, 0.3) is 0 Å². The van der Waals surface area contributed by atoms with E-state index in [2.05, 4.69) is 20.8 Å². The van der Waals surface area contributed by atoms with E-state index in [0.717, 1.165) is 12.1 Å². The maximum Gasteiger partial charge on any atom is 0.322 e. The molecule has 2 fully saturated rings. The molecule has 0 aliphatic carbocycles. The first-order valence-corrected chi connectivity index (χ1v) is 8.68. The number of nitrogens with zero attached hydrogens (tertiary/aromatic N) is 1. The van der Waals surface area contributed by atoms with Gasteiger partial charge in [-0.2, -0.15) is 0 Å². The number of nitrogens with one attached hydrogen (secondary N) is 4. The standard InChI is InChI=1S/C18H19N5O4/c1-18(16(26)19-17(27)20-18)12-4-2-10(3-5-12)15(25)23-7-6-11(9-23)13-8-14(24)22-21-13/h2-5,8,11H,6-7,9H2,1H3,(H2,21,22,24)(H2,19,20,26,27). The van der Waals surface area contributed by atoms with Crippen LogP contribution in [0.5, 0.6) is 0 Å². The van der Waals surface area contributed by atoms with Crippen LogP contribution in [0.15, 0.2) is 35.1 Å². The average molecular weight is 369 g/mol. The van der Waals surface area contributed by atoms with Gasteiger partial charge in [0.25, 0.3) is 17.4 Å². The first-order chi connectivity index (χ1) is 12.9. The highest BCUT2D eigenvalue weighted by Crippen LogP contribution is 2.28. The number of hydrogen-bond donors (Lipinski definition) is 4. The predicted molar refractivity (Wildman–Crippen MR) is 95.1 cm³/mol. The quantitative estimate of drug-likeness (QED) is 0.584. The lowest BCUT2D eigenvalue weighted by Crippen LogP contribution is -2.40. The molecule has 27 heavy (non-hydrogen) atoms. The Balaban J connectivity index is 1.48. The maximum absolute atomic E-state index is 12.8. The van der Waals surface area contributed by atoms with E-state index in [-0.39, 0.29) is 17.4 Å². The Kier molecular flexibility index (Phi) is 3.87. The normalized spacial score (nSPS) is 24.8. The summed E-state index contributed by atoms with van der Waals surface area (Å²) >= 11 is 0. The fraction of sp³-hybridized carbons (Fsp3) is 0.333. The molecule has 140 valence electrons. The fourth-order valence-electron chi connectivity index (χ4n) is 3.64. The minimum Gasteiger partial charge on any atom is -0.338 e. The van der Waals surface area contributed by atoms with E-state index in [9.17, 15) is 19.2 Å². The molecule has 3 heterocycles. The molecule has 2 aromatic rings. The van der Waals surface area contributed by atoms with Crippen LogP contribution in [0.3, 0.4) is 0 Å². The molecule has 2 aliphatic rings. The summed E-state index contributed by atoms with van der Waals surface area (Å²) in [6.45, 7) is 2.76. The molecular weight excluding hydrogens is 350 g/mol.